The highest BCUT2D eigenvalue weighted by Gasteiger charge is 2.14. The average Bonchev–Trinajstić information content (AvgIpc) is 2.40. The molecule has 0 aromatic carbocycles. The fourth-order valence-corrected chi connectivity index (χ4v) is 4.93. The molecule has 0 saturated heterocycles. The molecule has 0 spiro atoms. The number of hydrogen-bond acceptors (Lipinski definition) is 4. The zero-order valence-electron chi connectivity index (χ0n) is 15.3. The normalized spacial score (nSPS) is 11.1. The van der Waals surface area contributed by atoms with Crippen molar-refractivity contribution < 1.29 is 29.1 Å². The topological polar surface area (TPSA) is 115 Å². The summed E-state index contributed by atoms with van der Waals surface area (Å²) in [5.41, 5.74) is 0. The Morgan fingerprint density at radius 1 is 0.609 bits per heavy atom. The van der Waals surface area contributed by atoms with Crippen LogP contribution in [0.4, 0.5) is 0 Å². The summed E-state index contributed by atoms with van der Waals surface area (Å²) in [5, 5.41) is 15.8. The van der Waals surface area contributed by atoms with Gasteiger partial charge in [-0.1, -0.05) is 27.7 Å². The van der Waals surface area contributed by atoms with E-state index in [1.807, 2.05) is 27.7 Å². The average molecular weight is 376 g/mol. The Labute approximate surface area is 142 Å². The van der Waals surface area contributed by atoms with E-state index >= 15 is 0 Å². The van der Waals surface area contributed by atoms with Crippen LogP contribution in [0.1, 0.15) is 59.8 Å². The predicted octanol–water partition coefficient (Wildman–Crippen LogP) is 3.51. The summed E-state index contributed by atoms with van der Waals surface area (Å²) in [6, 6.07) is 0. The van der Waals surface area contributed by atoms with Crippen molar-refractivity contribution >= 4 is 14.7 Å². The molecule has 0 unspecified atom stereocenters. The van der Waals surface area contributed by atoms with Crippen molar-refractivity contribution in [2.24, 2.45) is 0 Å². The minimum atomic E-state index is -2.69. The summed E-state index contributed by atoms with van der Waals surface area (Å²) >= 11 is 0. The maximum atomic E-state index is 11.0. The molecule has 0 aliphatic rings. The second-order valence-corrected chi connectivity index (χ2v) is 10.6. The lowest BCUT2D eigenvalue weighted by molar-refractivity contribution is 0.221. The molecule has 0 aliphatic carbocycles. The molecule has 0 radical (unpaired) electrons. The van der Waals surface area contributed by atoms with Crippen molar-refractivity contribution in [3.8, 4) is 0 Å². The van der Waals surface area contributed by atoms with Gasteiger partial charge in [0.25, 0.3) is 0 Å². The lowest BCUT2D eigenvalue weighted by Crippen LogP contribution is -1.91. The number of rotatable bonds is 10. The van der Waals surface area contributed by atoms with Gasteiger partial charge in [-0.15, -0.1) is 0 Å². The zero-order valence-corrected chi connectivity index (χ0v) is 17.1. The lowest BCUT2D eigenvalue weighted by atomic mass is 10.5. The van der Waals surface area contributed by atoms with E-state index in [2.05, 4.69) is 0 Å². The molecular weight excluding hydrogens is 338 g/mol. The molecule has 0 aromatic rings. The highest BCUT2D eigenvalue weighted by atomic mass is 31.2. The molecule has 0 amide bonds. The smallest absolute Gasteiger partial charge is 0.200 e. The molecule has 0 aliphatic heterocycles. The molecule has 6 nitrogen and oxygen atoms in total. The van der Waals surface area contributed by atoms with E-state index in [9.17, 15) is 9.13 Å². The maximum absolute atomic E-state index is 11.0. The van der Waals surface area contributed by atoms with E-state index in [0.29, 0.717) is 31.1 Å². The summed E-state index contributed by atoms with van der Waals surface area (Å²) in [7, 11) is -5.39. The summed E-state index contributed by atoms with van der Waals surface area (Å²) < 4.78 is 21.9. The van der Waals surface area contributed by atoms with Crippen molar-refractivity contribution in [2.45, 2.75) is 59.8 Å². The van der Waals surface area contributed by atoms with Crippen LogP contribution in [0.2, 0.25) is 0 Å². The van der Waals surface area contributed by atoms with Crippen LogP contribution in [0.5, 0.6) is 0 Å². The van der Waals surface area contributed by atoms with E-state index in [4.69, 9.17) is 20.0 Å². The Morgan fingerprint density at radius 2 is 0.826 bits per heavy atom. The van der Waals surface area contributed by atoms with Crippen LogP contribution in [0.25, 0.3) is 0 Å². The van der Waals surface area contributed by atoms with Gasteiger partial charge in [0.2, 0.25) is 14.7 Å². The van der Waals surface area contributed by atoms with E-state index in [1.54, 1.807) is 0 Å². The van der Waals surface area contributed by atoms with E-state index in [0.717, 1.165) is 25.7 Å². The fraction of sp³-hybridized carbons (Fsp3) is 1.00. The third-order valence-electron chi connectivity index (χ3n) is 2.61. The third-order valence-corrected chi connectivity index (χ3v) is 7.19. The summed E-state index contributed by atoms with van der Waals surface area (Å²) in [5.74, 6) is 0. The van der Waals surface area contributed by atoms with Crippen LogP contribution in [-0.2, 0) is 9.13 Å². The van der Waals surface area contributed by atoms with E-state index in [-0.39, 0.29) is 13.2 Å². The van der Waals surface area contributed by atoms with Gasteiger partial charge in [-0.05, 0) is 32.1 Å². The van der Waals surface area contributed by atoms with Crippen LogP contribution in [0.3, 0.4) is 0 Å². The minimum Gasteiger partial charge on any atom is -0.396 e. The van der Waals surface area contributed by atoms with Crippen molar-refractivity contribution in [2.75, 3.05) is 37.9 Å². The van der Waals surface area contributed by atoms with Crippen molar-refractivity contribution in [1.29, 1.82) is 0 Å². The number of aliphatic hydroxyl groups excluding tert-OH is 2. The SMILES string of the molecule is CCCP(=O)(O)CCC.CCCP(=O)(O)CCC.OCCCO. The first-order chi connectivity index (χ1) is 10.7. The second-order valence-electron chi connectivity index (χ2n) is 5.39. The molecule has 0 aromatic heterocycles. The third kappa shape index (κ3) is 27.4. The Bertz CT molecular complexity index is 273. The summed E-state index contributed by atoms with van der Waals surface area (Å²) in [6.07, 6.45) is 5.70. The van der Waals surface area contributed by atoms with Gasteiger partial charge in [0.15, 0.2) is 0 Å². The summed E-state index contributed by atoms with van der Waals surface area (Å²) in [6.45, 7) is 7.90. The van der Waals surface area contributed by atoms with Crippen LogP contribution < -0.4 is 0 Å². The van der Waals surface area contributed by atoms with Crippen molar-refractivity contribution in [1.82, 2.24) is 0 Å². The standard InChI is InChI=1S/2C6H15O2P.C3H8O2/c2*1-3-5-9(7,8)6-4-2;4-2-1-3-5/h2*3-6H2,1-2H3,(H,7,8);4-5H,1-3H2. The Kier molecular flexibility index (Phi) is 22.8. The Balaban J connectivity index is -0.000000273. The van der Waals surface area contributed by atoms with Crippen molar-refractivity contribution in [3.63, 3.8) is 0 Å². The molecule has 23 heavy (non-hydrogen) atoms. The molecule has 0 rings (SSSR count). The largest absolute Gasteiger partial charge is 0.396 e. The molecule has 0 saturated carbocycles. The van der Waals surface area contributed by atoms with E-state index < -0.39 is 14.7 Å². The maximum Gasteiger partial charge on any atom is 0.200 e. The quantitative estimate of drug-likeness (QED) is 0.434. The molecule has 8 heteroatoms. The monoisotopic (exact) mass is 376 g/mol. The molecule has 4 N–H and O–H groups in total. The molecule has 0 bridgehead atoms. The number of aliphatic hydroxyl groups is 2. The van der Waals surface area contributed by atoms with Gasteiger partial charge in [-0.25, -0.2) is 0 Å². The van der Waals surface area contributed by atoms with Crippen molar-refractivity contribution in [3.05, 3.63) is 0 Å². The highest BCUT2D eigenvalue weighted by molar-refractivity contribution is 7.58. The fourth-order valence-electron chi connectivity index (χ4n) is 1.69. The van der Waals surface area contributed by atoms with Crippen LogP contribution in [-0.4, -0.2) is 57.9 Å². The predicted molar refractivity (Wildman–Crippen MR) is 99.1 cm³/mol. The zero-order chi connectivity index (χ0) is 18.8. The molecule has 0 heterocycles. The van der Waals surface area contributed by atoms with Crippen LogP contribution in [0.15, 0.2) is 0 Å². The van der Waals surface area contributed by atoms with Gasteiger partial charge >= 0.3 is 0 Å². The molecule has 0 atom stereocenters. The van der Waals surface area contributed by atoms with Gasteiger partial charge in [-0.3, -0.25) is 9.13 Å². The highest BCUT2D eigenvalue weighted by Crippen LogP contribution is 2.41. The first-order valence-corrected chi connectivity index (χ1v) is 12.6. The molecule has 0 fully saturated rings. The first kappa shape index (κ1) is 28.1. The Hall–Kier alpha value is 0.300. The van der Waals surface area contributed by atoms with E-state index in [1.165, 1.54) is 0 Å². The van der Waals surface area contributed by atoms with Gasteiger partial charge in [0.1, 0.15) is 0 Å². The van der Waals surface area contributed by atoms with Crippen LogP contribution >= 0.6 is 14.7 Å². The van der Waals surface area contributed by atoms with Gasteiger partial charge in [-0.2, -0.15) is 0 Å². The molecular formula is C15H38O6P2. The first-order valence-electron chi connectivity index (χ1n) is 8.49. The van der Waals surface area contributed by atoms with Gasteiger partial charge in [0, 0.05) is 37.9 Å². The minimum absolute atomic E-state index is 0.0938. The van der Waals surface area contributed by atoms with Gasteiger partial charge < -0.3 is 20.0 Å². The summed E-state index contributed by atoms with van der Waals surface area (Å²) in [4.78, 5) is 18.1. The Morgan fingerprint density at radius 3 is 0.913 bits per heavy atom. The number of hydrogen-bond donors (Lipinski definition) is 4. The second kappa shape index (κ2) is 18.6. The van der Waals surface area contributed by atoms with Gasteiger partial charge in [0.05, 0.1) is 0 Å². The molecule has 144 valence electrons. The van der Waals surface area contributed by atoms with Crippen LogP contribution in [0, 0.1) is 0 Å². The lowest BCUT2D eigenvalue weighted by Gasteiger charge is -2.06.